The third kappa shape index (κ3) is 6.90. The number of hydroxylamine groups is 1. The van der Waals surface area contributed by atoms with Crippen LogP contribution in [-0.2, 0) is 19.2 Å². The lowest BCUT2D eigenvalue weighted by Crippen LogP contribution is -2.53. The highest BCUT2D eigenvalue weighted by Crippen LogP contribution is 2.31. The third-order valence-electron chi connectivity index (χ3n) is 7.09. The van der Waals surface area contributed by atoms with Crippen molar-refractivity contribution in [2.75, 3.05) is 39.2 Å². The van der Waals surface area contributed by atoms with Crippen molar-refractivity contribution in [3.63, 3.8) is 0 Å². The lowest BCUT2D eigenvalue weighted by molar-refractivity contribution is -0.139. The van der Waals surface area contributed by atoms with Crippen molar-refractivity contribution in [2.24, 2.45) is 15.7 Å². The number of nitrogens with two attached hydrogens (primary N) is 1. The number of nitrogens with zero attached hydrogens (tertiary/aromatic N) is 4. The number of halogens is 1. The SMILES string of the molecule is CN=C(NOC=O)c1nc(Cl)ccc1NC(C)c1cc(C)cc2c(=O)c(C)c(/C(C=NC3CN(C(=O)COC)C3)=C/N)oc12. The molecule has 1 unspecified atom stereocenters. The number of allylic oxidation sites excluding steroid dienone is 1. The van der Waals surface area contributed by atoms with Gasteiger partial charge < -0.3 is 29.9 Å². The Kier molecular flexibility index (Phi) is 10.3. The summed E-state index contributed by atoms with van der Waals surface area (Å²) in [6.45, 7) is 6.66. The van der Waals surface area contributed by atoms with Gasteiger partial charge >= 0.3 is 6.47 Å². The van der Waals surface area contributed by atoms with Crippen LogP contribution in [0.4, 0.5) is 5.69 Å². The number of amidine groups is 1. The van der Waals surface area contributed by atoms with Gasteiger partial charge in [-0.3, -0.25) is 24.4 Å². The fourth-order valence-corrected chi connectivity index (χ4v) is 4.97. The van der Waals surface area contributed by atoms with Crippen molar-refractivity contribution in [3.8, 4) is 0 Å². The van der Waals surface area contributed by atoms with Crippen LogP contribution in [0.3, 0.4) is 0 Å². The predicted molar refractivity (Wildman–Crippen MR) is 169 cm³/mol. The quantitative estimate of drug-likeness (QED) is 0.0947. The van der Waals surface area contributed by atoms with Crippen molar-refractivity contribution < 1.29 is 23.6 Å². The lowest BCUT2D eigenvalue weighted by atomic mass is 9.99. The number of anilines is 1. The maximum Gasteiger partial charge on any atom is 0.320 e. The molecule has 14 heteroatoms. The van der Waals surface area contributed by atoms with Gasteiger partial charge in [0.05, 0.1) is 28.7 Å². The summed E-state index contributed by atoms with van der Waals surface area (Å²) >= 11 is 6.16. The molecule has 3 heterocycles. The van der Waals surface area contributed by atoms with Crippen LogP contribution in [-0.4, -0.2) is 74.2 Å². The molecular weight excluding hydrogens is 590 g/mol. The first-order valence-corrected chi connectivity index (χ1v) is 14.0. The van der Waals surface area contributed by atoms with E-state index in [4.69, 9.17) is 26.5 Å². The highest BCUT2D eigenvalue weighted by Gasteiger charge is 2.30. The van der Waals surface area contributed by atoms with Crippen molar-refractivity contribution in [2.45, 2.75) is 32.9 Å². The molecule has 4 rings (SSSR count). The number of hydrogen-bond acceptors (Lipinski definition) is 11. The fourth-order valence-electron chi connectivity index (χ4n) is 4.82. The minimum Gasteiger partial charge on any atom is -0.455 e. The Morgan fingerprint density at radius 2 is 2.07 bits per heavy atom. The average Bonchev–Trinajstić information content (AvgIpc) is 2.98. The lowest BCUT2D eigenvalue weighted by Gasteiger charge is -2.36. The molecule has 0 bridgehead atoms. The molecule has 1 saturated heterocycles. The molecule has 1 aliphatic heterocycles. The number of methoxy groups -OCH3 is 1. The number of nitrogens with one attached hydrogen (secondary N) is 2. The second kappa shape index (κ2) is 14.1. The van der Waals surface area contributed by atoms with Gasteiger partial charge in [0, 0.05) is 50.8 Å². The smallest absolute Gasteiger partial charge is 0.320 e. The summed E-state index contributed by atoms with van der Waals surface area (Å²) in [5.74, 6) is 0.366. The van der Waals surface area contributed by atoms with E-state index in [1.165, 1.54) is 20.4 Å². The Hall–Kier alpha value is -4.75. The topological polar surface area (TPSA) is 174 Å². The number of rotatable bonds is 11. The number of fused-ring (bicyclic) bond motifs is 1. The second-order valence-electron chi connectivity index (χ2n) is 10.2. The Bertz CT molecular complexity index is 1710. The van der Waals surface area contributed by atoms with Crippen LogP contribution < -0.4 is 22.0 Å². The van der Waals surface area contributed by atoms with Gasteiger partial charge in [0.1, 0.15) is 28.8 Å². The molecule has 0 aliphatic carbocycles. The Morgan fingerprint density at radius 1 is 1.32 bits per heavy atom. The number of aliphatic imine (C=N–C) groups is 2. The summed E-state index contributed by atoms with van der Waals surface area (Å²) in [4.78, 5) is 55.7. The number of pyridine rings is 1. The number of aryl methyl sites for hydroxylation is 1. The predicted octanol–water partition coefficient (Wildman–Crippen LogP) is 2.91. The van der Waals surface area contributed by atoms with E-state index >= 15 is 0 Å². The van der Waals surface area contributed by atoms with Gasteiger partial charge in [-0.15, -0.1) is 0 Å². The molecule has 0 saturated carbocycles. The molecule has 1 aliphatic rings. The zero-order valence-corrected chi connectivity index (χ0v) is 25.8. The third-order valence-corrected chi connectivity index (χ3v) is 7.30. The summed E-state index contributed by atoms with van der Waals surface area (Å²) < 4.78 is 11.3. The van der Waals surface area contributed by atoms with Gasteiger partial charge in [0.25, 0.3) is 0 Å². The molecule has 1 fully saturated rings. The van der Waals surface area contributed by atoms with E-state index < -0.39 is 6.04 Å². The molecule has 1 atom stereocenters. The first-order chi connectivity index (χ1) is 21.1. The van der Waals surface area contributed by atoms with Gasteiger partial charge in [-0.05, 0) is 44.5 Å². The van der Waals surface area contributed by atoms with Gasteiger partial charge in [0.15, 0.2) is 11.3 Å². The number of benzene rings is 1. The molecule has 44 heavy (non-hydrogen) atoms. The molecule has 3 aromatic rings. The minimum absolute atomic E-state index is 0.0234. The summed E-state index contributed by atoms with van der Waals surface area (Å²) in [7, 11) is 2.98. The molecule has 1 aromatic carbocycles. The van der Waals surface area contributed by atoms with Crippen LogP contribution >= 0.6 is 11.6 Å². The van der Waals surface area contributed by atoms with E-state index in [1.54, 1.807) is 36.2 Å². The van der Waals surface area contributed by atoms with Gasteiger partial charge in [-0.1, -0.05) is 17.7 Å². The first-order valence-electron chi connectivity index (χ1n) is 13.7. The Labute approximate surface area is 258 Å². The number of aromatic nitrogens is 1. The normalized spacial score (nSPS) is 14.9. The maximum atomic E-state index is 13.6. The molecule has 232 valence electrons. The molecule has 0 radical (unpaired) electrons. The zero-order valence-electron chi connectivity index (χ0n) is 25.0. The standard InChI is InChI=1S/C30H34ClN7O6/c1-16-8-21(18(3)35-23-6-7-24(31)36-26(23)30(33-4)37-43-15-39)29-22(9-16)27(41)17(2)28(44-29)19(10-32)11-34-20-12-38(13-20)25(40)14-42-5/h6-11,15,18,20,35H,12-14,32H2,1-5H3,(H,33,37)/b19-10+,34-11?. The number of hydrogen-bond donors (Lipinski definition) is 3. The summed E-state index contributed by atoms with van der Waals surface area (Å²) in [5.41, 5.74) is 11.8. The number of carbonyl (C=O) groups excluding carboxylic acids is 2. The van der Waals surface area contributed by atoms with Crippen LogP contribution in [0, 0.1) is 13.8 Å². The highest BCUT2D eigenvalue weighted by atomic mass is 35.5. The summed E-state index contributed by atoms with van der Waals surface area (Å²) in [5, 5.41) is 4.01. The fraction of sp³-hybridized carbons (Fsp3) is 0.333. The zero-order chi connectivity index (χ0) is 32.0. The van der Waals surface area contributed by atoms with Gasteiger partial charge in [-0.2, -0.15) is 5.48 Å². The highest BCUT2D eigenvalue weighted by molar-refractivity contribution is 6.29. The van der Waals surface area contributed by atoms with E-state index in [0.717, 1.165) is 5.56 Å². The molecule has 13 nitrogen and oxygen atoms in total. The largest absolute Gasteiger partial charge is 0.455 e. The van der Waals surface area contributed by atoms with Crippen LogP contribution in [0.15, 0.2) is 49.7 Å². The minimum atomic E-state index is -0.410. The van der Waals surface area contributed by atoms with E-state index in [2.05, 4.69) is 30.6 Å². The first kappa shape index (κ1) is 32.2. The van der Waals surface area contributed by atoms with E-state index in [9.17, 15) is 14.4 Å². The van der Waals surface area contributed by atoms with Crippen LogP contribution in [0.2, 0.25) is 5.15 Å². The number of carbonyl (C=O) groups is 2. The van der Waals surface area contributed by atoms with E-state index in [1.807, 2.05) is 19.9 Å². The summed E-state index contributed by atoms with van der Waals surface area (Å²) in [6.07, 6.45) is 2.91. The Morgan fingerprint density at radius 3 is 2.73 bits per heavy atom. The van der Waals surface area contributed by atoms with Crippen LogP contribution in [0.5, 0.6) is 0 Å². The number of amides is 1. The average molecular weight is 624 g/mol. The second-order valence-corrected chi connectivity index (χ2v) is 10.6. The maximum absolute atomic E-state index is 13.6. The van der Waals surface area contributed by atoms with E-state index in [-0.39, 0.29) is 41.4 Å². The molecule has 0 spiro atoms. The van der Waals surface area contributed by atoms with Gasteiger partial charge in [-0.25, -0.2) is 4.98 Å². The van der Waals surface area contributed by atoms with Crippen LogP contribution in [0.1, 0.15) is 41.1 Å². The van der Waals surface area contributed by atoms with Crippen molar-refractivity contribution >= 4 is 58.3 Å². The molecule has 4 N–H and O–H groups in total. The molecule has 2 aromatic heterocycles. The van der Waals surface area contributed by atoms with Crippen LogP contribution in [0.25, 0.3) is 16.5 Å². The Balaban J connectivity index is 1.70. The van der Waals surface area contributed by atoms with Gasteiger partial charge in [0.2, 0.25) is 5.91 Å². The van der Waals surface area contributed by atoms with Crippen molar-refractivity contribution in [1.29, 1.82) is 0 Å². The molecule has 1 amide bonds. The number of ether oxygens (including phenoxy) is 1. The summed E-state index contributed by atoms with van der Waals surface area (Å²) in [6, 6.07) is 6.52. The monoisotopic (exact) mass is 623 g/mol. The number of likely N-dealkylation sites (tertiary alicyclic amines) is 1. The van der Waals surface area contributed by atoms with Crippen molar-refractivity contribution in [3.05, 3.63) is 74.0 Å². The van der Waals surface area contributed by atoms with Crippen molar-refractivity contribution in [1.82, 2.24) is 15.4 Å². The molecular formula is C30H34ClN7O6. The van der Waals surface area contributed by atoms with E-state index in [0.29, 0.717) is 57.9 Å².